The molecule has 2 rings (SSSR count). The molecule has 1 unspecified atom stereocenters. The number of rotatable bonds is 2. The van der Waals surface area contributed by atoms with Gasteiger partial charge in [-0.15, -0.1) is 0 Å². The van der Waals surface area contributed by atoms with Gasteiger partial charge in [-0.3, -0.25) is 13.9 Å². The van der Waals surface area contributed by atoms with Gasteiger partial charge in [0.1, 0.15) is 0 Å². The number of hydrogen-bond donors (Lipinski definition) is 1. The fourth-order valence-corrected chi connectivity index (χ4v) is 2.28. The van der Waals surface area contributed by atoms with Crippen LogP contribution in [0, 0.1) is 0 Å². The zero-order chi connectivity index (χ0) is 13.4. The maximum Gasteiger partial charge on any atom is 0.331 e. The highest BCUT2D eigenvalue weighted by Crippen LogP contribution is 2.15. The van der Waals surface area contributed by atoms with Crippen LogP contribution in [0.2, 0.25) is 0 Å². The van der Waals surface area contributed by atoms with Crippen molar-refractivity contribution in [3.05, 3.63) is 43.5 Å². The van der Waals surface area contributed by atoms with Crippen molar-refractivity contribution in [2.45, 2.75) is 19.5 Å². The first kappa shape index (κ1) is 13.0. The lowest BCUT2D eigenvalue weighted by Crippen LogP contribution is -2.42. The largest absolute Gasteiger partial charge is 0.331 e. The zero-order valence-corrected chi connectivity index (χ0v) is 11.8. The highest BCUT2D eigenvalue weighted by molar-refractivity contribution is 9.10. The summed E-state index contributed by atoms with van der Waals surface area (Å²) in [5, 5.41) is 0.515. The van der Waals surface area contributed by atoms with Gasteiger partial charge in [0.2, 0.25) is 0 Å². The van der Waals surface area contributed by atoms with Crippen molar-refractivity contribution < 1.29 is 0 Å². The molecule has 0 saturated heterocycles. The Hall–Kier alpha value is -1.40. The first-order valence-electron chi connectivity index (χ1n) is 5.56. The third-order valence-electron chi connectivity index (χ3n) is 2.79. The molecule has 96 valence electrons. The van der Waals surface area contributed by atoms with E-state index in [1.807, 2.05) is 0 Å². The average molecular weight is 312 g/mol. The number of hydrogen-bond acceptors (Lipinski definition) is 3. The molecular weight excluding hydrogens is 298 g/mol. The van der Waals surface area contributed by atoms with E-state index >= 15 is 0 Å². The number of nitrogens with two attached hydrogens (primary N) is 1. The molecule has 0 aliphatic rings. The van der Waals surface area contributed by atoms with Crippen molar-refractivity contribution in [1.29, 1.82) is 0 Å². The third kappa shape index (κ3) is 2.13. The number of benzene rings is 1. The first-order chi connectivity index (χ1) is 8.41. The van der Waals surface area contributed by atoms with Gasteiger partial charge in [0.25, 0.3) is 5.56 Å². The molecular formula is C12H14BrN3O2. The second-order valence-corrected chi connectivity index (χ2v) is 5.31. The van der Waals surface area contributed by atoms with E-state index < -0.39 is 0 Å². The Bertz CT molecular complexity index is 716. The molecule has 0 aliphatic heterocycles. The maximum absolute atomic E-state index is 12.2. The highest BCUT2D eigenvalue weighted by atomic mass is 79.9. The van der Waals surface area contributed by atoms with Gasteiger partial charge >= 0.3 is 5.69 Å². The standard InChI is InChI=1S/C12H14BrN3O2/c1-7(14)6-16-11(17)9-4-3-8(13)5-10(9)15(2)12(16)18/h3-5,7H,6,14H2,1-2H3. The molecule has 1 aromatic heterocycles. The molecule has 0 amide bonds. The minimum absolute atomic E-state index is 0.220. The SMILES string of the molecule is CC(N)Cn1c(=O)c2ccc(Br)cc2n(C)c1=O. The van der Waals surface area contributed by atoms with Crippen LogP contribution < -0.4 is 17.0 Å². The Kier molecular flexibility index (Phi) is 3.41. The van der Waals surface area contributed by atoms with Gasteiger partial charge in [0, 0.05) is 24.1 Å². The molecule has 0 aliphatic carbocycles. The topological polar surface area (TPSA) is 70.0 Å². The summed E-state index contributed by atoms with van der Waals surface area (Å²) in [6.07, 6.45) is 0. The molecule has 2 aromatic rings. The molecule has 6 heteroatoms. The average Bonchev–Trinajstić information content (AvgIpc) is 2.31. The summed E-state index contributed by atoms with van der Waals surface area (Å²) in [4.78, 5) is 24.3. The van der Waals surface area contributed by atoms with E-state index in [1.54, 1.807) is 32.2 Å². The molecule has 0 saturated carbocycles. The monoisotopic (exact) mass is 311 g/mol. The lowest BCUT2D eigenvalue weighted by molar-refractivity contribution is 0.538. The van der Waals surface area contributed by atoms with Crippen LogP contribution in [0.5, 0.6) is 0 Å². The summed E-state index contributed by atoms with van der Waals surface area (Å²) < 4.78 is 3.47. The molecule has 0 radical (unpaired) electrons. The summed E-state index contributed by atoms with van der Waals surface area (Å²) in [5.41, 5.74) is 5.64. The molecule has 2 N–H and O–H groups in total. The lowest BCUT2D eigenvalue weighted by Gasteiger charge is -2.12. The lowest BCUT2D eigenvalue weighted by atomic mass is 10.2. The second kappa shape index (κ2) is 4.70. The molecule has 0 spiro atoms. The predicted octanol–water partition coefficient (Wildman–Crippen LogP) is 0.810. The number of halogens is 1. The fraction of sp³-hybridized carbons (Fsp3) is 0.333. The minimum atomic E-state index is -0.345. The molecule has 18 heavy (non-hydrogen) atoms. The van der Waals surface area contributed by atoms with Gasteiger partial charge < -0.3 is 5.73 Å². The summed E-state index contributed by atoms with van der Waals surface area (Å²) >= 11 is 3.33. The van der Waals surface area contributed by atoms with E-state index in [4.69, 9.17) is 5.73 Å². The normalized spacial score (nSPS) is 12.9. The van der Waals surface area contributed by atoms with Gasteiger partial charge in [-0.1, -0.05) is 15.9 Å². The van der Waals surface area contributed by atoms with Crippen LogP contribution in [-0.2, 0) is 13.6 Å². The smallest absolute Gasteiger partial charge is 0.326 e. The van der Waals surface area contributed by atoms with Crippen molar-refractivity contribution in [3.8, 4) is 0 Å². The summed E-state index contributed by atoms with van der Waals surface area (Å²) in [6.45, 7) is 1.98. The van der Waals surface area contributed by atoms with Crippen molar-refractivity contribution >= 4 is 26.8 Å². The van der Waals surface area contributed by atoms with Crippen LogP contribution in [0.3, 0.4) is 0 Å². The van der Waals surface area contributed by atoms with E-state index in [0.717, 1.165) is 4.47 Å². The van der Waals surface area contributed by atoms with Gasteiger partial charge in [-0.25, -0.2) is 4.79 Å². The van der Waals surface area contributed by atoms with Crippen LogP contribution in [0.25, 0.3) is 10.9 Å². The Labute approximate surface area is 112 Å². The quantitative estimate of drug-likeness (QED) is 0.892. The van der Waals surface area contributed by atoms with Crippen molar-refractivity contribution in [2.24, 2.45) is 12.8 Å². The van der Waals surface area contributed by atoms with Crippen LogP contribution in [-0.4, -0.2) is 15.2 Å². The van der Waals surface area contributed by atoms with Crippen LogP contribution in [0.15, 0.2) is 32.3 Å². The van der Waals surface area contributed by atoms with E-state index in [-0.39, 0.29) is 23.8 Å². The van der Waals surface area contributed by atoms with Crippen LogP contribution >= 0.6 is 15.9 Å². The molecule has 1 atom stereocenters. The summed E-state index contributed by atoms with van der Waals surface area (Å²) in [6, 6.07) is 5.00. The number of nitrogens with zero attached hydrogens (tertiary/aromatic N) is 2. The minimum Gasteiger partial charge on any atom is -0.326 e. The number of fused-ring (bicyclic) bond motifs is 1. The van der Waals surface area contributed by atoms with Crippen LogP contribution in [0.4, 0.5) is 0 Å². The second-order valence-electron chi connectivity index (χ2n) is 4.40. The van der Waals surface area contributed by atoms with Crippen LogP contribution in [0.1, 0.15) is 6.92 Å². The summed E-state index contributed by atoms with van der Waals surface area (Å²) in [5.74, 6) is 0. The Morgan fingerprint density at radius 2 is 2.06 bits per heavy atom. The highest BCUT2D eigenvalue weighted by Gasteiger charge is 2.11. The molecule has 0 bridgehead atoms. The molecule has 5 nitrogen and oxygen atoms in total. The van der Waals surface area contributed by atoms with Crippen molar-refractivity contribution in [2.75, 3.05) is 0 Å². The summed E-state index contributed by atoms with van der Waals surface area (Å²) in [7, 11) is 1.65. The Morgan fingerprint density at radius 3 is 2.67 bits per heavy atom. The predicted molar refractivity (Wildman–Crippen MR) is 74.8 cm³/mol. The fourth-order valence-electron chi connectivity index (χ4n) is 1.93. The van der Waals surface area contributed by atoms with Gasteiger partial charge in [-0.2, -0.15) is 0 Å². The first-order valence-corrected chi connectivity index (χ1v) is 6.36. The van der Waals surface area contributed by atoms with E-state index in [2.05, 4.69) is 15.9 Å². The van der Waals surface area contributed by atoms with E-state index in [9.17, 15) is 9.59 Å². The van der Waals surface area contributed by atoms with Gasteiger partial charge in [-0.05, 0) is 25.1 Å². The van der Waals surface area contributed by atoms with E-state index in [1.165, 1.54) is 9.13 Å². The number of aryl methyl sites for hydroxylation is 1. The Balaban J connectivity index is 2.88. The van der Waals surface area contributed by atoms with Gasteiger partial charge in [0.05, 0.1) is 10.9 Å². The maximum atomic E-state index is 12.2. The molecule has 1 heterocycles. The van der Waals surface area contributed by atoms with E-state index in [0.29, 0.717) is 10.9 Å². The zero-order valence-electron chi connectivity index (χ0n) is 10.2. The number of aromatic nitrogens is 2. The molecule has 1 aromatic carbocycles. The van der Waals surface area contributed by atoms with Gasteiger partial charge in [0.15, 0.2) is 0 Å². The van der Waals surface area contributed by atoms with Crippen molar-refractivity contribution in [3.63, 3.8) is 0 Å². The Morgan fingerprint density at radius 1 is 1.39 bits per heavy atom. The van der Waals surface area contributed by atoms with Crippen molar-refractivity contribution in [1.82, 2.24) is 9.13 Å². The molecule has 0 fully saturated rings. The third-order valence-corrected chi connectivity index (χ3v) is 3.28.